The largest absolute Gasteiger partial charge is 0.493 e. The van der Waals surface area contributed by atoms with E-state index in [0.717, 1.165) is 93.0 Å². The molecule has 2 aromatic carbocycles. The molecule has 2 unspecified atom stereocenters. The van der Waals surface area contributed by atoms with Gasteiger partial charge in [0.1, 0.15) is 6.10 Å². The molecule has 0 saturated heterocycles. The summed E-state index contributed by atoms with van der Waals surface area (Å²) in [5.41, 5.74) is 6.55. The highest BCUT2D eigenvalue weighted by Crippen LogP contribution is 2.55. The number of amides is 1. The van der Waals surface area contributed by atoms with E-state index in [1.54, 1.807) is 7.11 Å². The van der Waals surface area contributed by atoms with Crippen molar-refractivity contribution in [1.82, 2.24) is 4.90 Å². The molecule has 1 amide bonds. The van der Waals surface area contributed by atoms with Crippen LogP contribution in [0.25, 0.3) is 0 Å². The van der Waals surface area contributed by atoms with Crippen molar-refractivity contribution >= 4 is 17.4 Å². The molecule has 4 aliphatic heterocycles. The van der Waals surface area contributed by atoms with Gasteiger partial charge in [-0.3, -0.25) is 14.5 Å². The van der Waals surface area contributed by atoms with E-state index in [2.05, 4.69) is 17.0 Å². The minimum absolute atomic E-state index is 0.0687. The predicted octanol–water partition coefficient (Wildman–Crippen LogP) is 4.50. The van der Waals surface area contributed by atoms with Crippen molar-refractivity contribution in [1.29, 1.82) is 0 Å². The van der Waals surface area contributed by atoms with Gasteiger partial charge in [-0.15, -0.1) is 0 Å². The van der Waals surface area contributed by atoms with Gasteiger partial charge >= 0.3 is 0 Å². The van der Waals surface area contributed by atoms with E-state index >= 15 is 0 Å². The van der Waals surface area contributed by atoms with Crippen LogP contribution in [0.2, 0.25) is 0 Å². The van der Waals surface area contributed by atoms with E-state index in [0.29, 0.717) is 19.3 Å². The first-order valence-electron chi connectivity index (χ1n) is 14.9. The van der Waals surface area contributed by atoms with Gasteiger partial charge in [-0.2, -0.15) is 0 Å². The van der Waals surface area contributed by atoms with Crippen LogP contribution in [0.3, 0.4) is 0 Å². The van der Waals surface area contributed by atoms with E-state index in [-0.39, 0.29) is 23.2 Å². The topological polar surface area (TPSA) is 79.3 Å². The Morgan fingerprint density at radius 3 is 2.80 bits per heavy atom. The first kappa shape index (κ1) is 25.8. The molecule has 0 aromatic heterocycles. The molecular formula is C33H38N2O5. The first-order chi connectivity index (χ1) is 19.5. The summed E-state index contributed by atoms with van der Waals surface area (Å²) in [6, 6.07) is 8.27. The van der Waals surface area contributed by atoms with Gasteiger partial charge in [0.2, 0.25) is 5.91 Å². The number of aliphatic hydroxyl groups is 1. The van der Waals surface area contributed by atoms with E-state index in [9.17, 15) is 14.7 Å². The highest BCUT2D eigenvalue weighted by Gasteiger charge is 2.52. The molecule has 0 fully saturated rings. The van der Waals surface area contributed by atoms with Crippen LogP contribution in [0.4, 0.5) is 5.69 Å². The second-order valence-electron chi connectivity index (χ2n) is 12.1. The summed E-state index contributed by atoms with van der Waals surface area (Å²) >= 11 is 0. The van der Waals surface area contributed by atoms with Crippen LogP contribution in [-0.4, -0.2) is 60.6 Å². The van der Waals surface area contributed by atoms with Crippen LogP contribution in [-0.2, 0) is 29.6 Å². The van der Waals surface area contributed by atoms with Gasteiger partial charge < -0.3 is 19.5 Å². The number of carbonyl (C=O) groups is 2. The van der Waals surface area contributed by atoms with Crippen LogP contribution >= 0.6 is 0 Å². The Morgan fingerprint density at radius 2 is 1.95 bits per heavy atom. The number of ether oxygens (including phenoxy) is 2. The monoisotopic (exact) mass is 542 g/mol. The van der Waals surface area contributed by atoms with Crippen molar-refractivity contribution in [3.63, 3.8) is 0 Å². The number of hydrogen-bond acceptors (Lipinski definition) is 6. The quantitative estimate of drug-likeness (QED) is 0.301. The molecule has 4 heterocycles. The third-order valence-corrected chi connectivity index (χ3v) is 9.79. The van der Waals surface area contributed by atoms with Crippen molar-refractivity contribution < 1.29 is 24.2 Å². The molecule has 0 bridgehead atoms. The van der Waals surface area contributed by atoms with Crippen molar-refractivity contribution in [3.05, 3.63) is 64.2 Å². The number of methoxy groups -OCH3 is 1. The summed E-state index contributed by atoms with van der Waals surface area (Å²) in [4.78, 5) is 29.7. The van der Waals surface area contributed by atoms with Crippen molar-refractivity contribution in [2.24, 2.45) is 0 Å². The molecule has 0 radical (unpaired) electrons. The summed E-state index contributed by atoms with van der Waals surface area (Å²) in [7, 11) is 1.69. The van der Waals surface area contributed by atoms with E-state index in [4.69, 9.17) is 9.47 Å². The molecule has 1 N–H and O–H groups in total. The lowest BCUT2D eigenvalue weighted by Gasteiger charge is -2.35. The molecule has 7 nitrogen and oxygen atoms in total. The third kappa shape index (κ3) is 4.17. The number of unbranched alkanes of at least 4 members (excludes halogenated alkanes) is 2. The summed E-state index contributed by atoms with van der Waals surface area (Å²) in [6.07, 6.45) is 10.8. The molecule has 2 aromatic rings. The van der Waals surface area contributed by atoms with Crippen LogP contribution in [0.15, 0.2) is 36.4 Å². The van der Waals surface area contributed by atoms with Gasteiger partial charge in [-0.25, -0.2) is 0 Å². The molecule has 210 valence electrons. The summed E-state index contributed by atoms with van der Waals surface area (Å²) < 4.78 is 12.1. The van der Waals surface area contributed by atoms with Gasteiger partial charge in [0.05, 0.1) is 24.3 Å². The Hall–Kier alpha value is -3.16. The fourth-order valence-corrected chi connectivity index (χ4v) is 7.75. The lowest BCUT2D eigenvalue weighted by Crippen LogP contribution is -2.43. The van der Waals surface area contributed by atoms with Crippen molar-refractivity contribution in [3.8, 4) is 11.5 Å². The molecule has 40 heavy (non-hydrogen) atoms. The number of hydrogen-bond donors (Lipinski definition) is 1. The van der Waals surface area contributed by atoms with Crippen LogP contribution in [0, 0.1) is 0 Å². The molecular weight excluding hydrogens is 504 g/mol. The van der Waals surface area contributed by atoms with Gasteiger partial charge in [0.15, 0.2) is 17.3 Å². The zero-order chi connectivity index (χ0) is 27.4. The second kappa shape index (κ2) is 10.0. The molecule has 1 aliphatic carbocycles. The lowest BCUT2D eigenvalue weighted by atomic mass is 9.69. The maximum absolute atomic E-state index is 13.1. The maximum atomic E-state index is 13.1. The number of aryl methyl sites for hydroxylation is 1. The number of Topliss-reactive ketones (excluding diaryl/α,β-unsaturated/α-hetero) is 1. The average molecular weight is 543 g/mol. The molecule has 3 atom stereocenters. The summed E-state index contributed by atoms with van der Waals surface area (Å²) in [5.74, 6) is 2.06. The van der Waals surface area contributed by atoms with Crippen molar-refractivity contribution in [2.45, 2.75) is 82.0 Å². The number of nitrogens with zero attached hydrogens (tertiary/aromatic N) is 2. The molecule has 0 saturated carbocycles. The predicted molar refractivity (Wildman–Crippen MR) is 152 cm³/mol. The van der Waals surface area contributed by atoms with Gasteiger partial charge in [0, 0.05) is 43.5 Å². The maximum Gasteiger partial charge on any atom is 0.227 e. The number of anilines is 1. The number of rotatable bonds is 8. The summed E-state index contributed by atoms with van der Waals surface area (Å²) in [5, 5.41) is 10.3. The van der Waals surface area contributed by atoms with Crippen LogP contribution < -0.4 is 14.4 Å². The smallest absolute Gasteiger partial charge is 0.227 e. The van der Waals surface area contributed by atoms with E-state index < -0.39 is 6.10 Å². The SMILES string of the molecule is COc1ccc2c3c1OC1C[C@@H](O)C=CC31CCN(CCCCCC(=O)c1cc3c4c(c1)CCN4C(=O)CC3)C2. The van der Waals surface area contributed by atoms with Crippen LogP contribution in [0.5, 0.6) is 11.5 Å². The van der Waals surface area contributed by atoms with Gasteiger partial charge in [0.25, 0.3) is 0 Å². The minimum Gasteiger partial charge on any atom is -0.493 e. The normalized spacial score (nSPS) is 26.1. The fraction of sp³-hybridized carbons (Fsp3) is 0.515. The minimum atomic E-state index is -0.472. The van der Waals surface area contributed by atoms with Gasteiger partial charge in [-0.05, 0) is 80.1 Å². The number of carbonyl (C=O) groups excluding carboxylic acids is 2. The highest BCUT2D eigenvalue weighted by atomic mass is 16.5. The Morgan fingerprint density at radius 1 is 1.10 bits per heavy atom. The first-order valence-corrected chi connectivity index (χ1v) is 14.9. The molecule has 1 spiro atoms. The highest BCUT2D eigenvalue weighted by molar-refractivity contribution is 6.02. The average Bonchev–Trinajstić information content (AvgIpc) is 3.49. The number of aliphatic hydroxyl groups excluding tert-OH is 1. The zero-order valence-electron chi connectivity index (χ0n) is 23.3. The molecule has 5 aliphatic rings. The zero-order valence-corrected chi connectivity index (χ0v) is 23.3. The second-order valence-corrected chi connectivity index (χ2v) is 12.1. The van der Waals surface area contributed by atoms with E-state index in [1.807, 2.05) is 29.2 Å². The standard InChI is InChI=1S/C33H38N2O5/c1-39-27-8-6-23-20-34(16-13-33-12-10-25(36)19-28(33)40-32(27)30(23)33)14-4-2-3-5-26(37)24-17-21-7-9-29(38)35-15-11-22(18-24)31(21)35/h6,8,10,12,17-18,25,28,36H,2-5,7,9,11,13-16,19-20H2,1H3/t25-,28?,33?/m0/s1. The Bertz CT molecular complexity index is 1400. The van der Waals surface area contributed by atoms with Crippen molar-refractivity contribution in [2.75, 3.05) is 31.6 Å². The van der Waals surface area contributed by atoms with Gasteiger partial charge in [-0.1, -0.05) is 24.6 Å². The molecule has 7 heteroatoms. The third-order valence-electron chi connectivity index (χ3n) is 9.79. The van der Waals surface area contributed by atoms with E-state index in [1.165, 1.54) is 16.7 Å². The number of benzene rings is 2. The Balaban J connectivity index is 0.970. The fourth-order valence-electron chi connectivity index (χ4n) is 7.75. The van der Waals surface area contributed by atoms with Crippen LogP contribution in [0.1, 0.15) is 77.6 Å². The molecule has 7 rings (SSSR count). The Labute approximate surface area is 235 Å². The number of ketones is 1. The Kier molecular flexibility index (Phi) is 6.47. The lowest BCUT2D eigenvalue weighted by molar-refractivity contribution is -0.118. The summed E-state index contributed by atoms with van der Waals surface area (Å²) in [6.45, 7) is 3.58.